The Morgan fingerprint density at radius 1 is 1.32 bits per heavy atom. The van der Waals surface area contributed by atoms with E-state index in [0.29, 0.717) is 11.3 Å². The van der Waals surface area contributed by atoms with Crippen molar-refractivity contribution in [1.82, 2.24) is 0 Å². The van der Waals surface area contributed by atoms with Crippen molar-refractivity contribution < 1.29 is 4.39 Å². The molecule has 0 aliphatic carbocycles. The van der Waals surface area contributed by atoms with E-state index in [1.807, 2.05) is 17.8 Å². The van der Waals surface area contributed by atoms with Crippen LogP contribution in [0.15, 0.2) is 16.6 Å². The van der Waals surface area contributed by atoms with Crippen LogP contribution in [0.2, 0.25) is 0 Å². The van der Waals surface area contributed by atoms with E-state index < -0.39 is 0 Å². The summed E-state index contributed by atoms with van der Waals surface area (Å²) in [5.41, 5.74) is 0.773. The summed E-state index contributed by atoms with van der Waals surface area (Å²) < 4.78 is 14.1. The predicted molar refractivity (Wildman–Crippen MR) is 84.2 cm³/mol. The SMILES string of the molecule is CSCCCCCCNc1ccc(C#N)c(Br)c1F. The molecule has 104 valence electrons. The summed E-state index contributed by atoms with van der Waals surface area (Å²) in [5, 5.41) is 11.9. The molecule has 0 aromatic heterocycles. The fraction of sp³-hybridized carbons (Fsp3) is 0.500. The maximum absolute atomic E-state index is 13.9. The van der Waals surface area contributed by atoms with Crippen LogP contribution in [0.4, 0.5) is 10.1 Å². The second-order valence-corrected chi connectivity index (χ2v) is 6.01. The monoisotopic (exact) mass is 344 g/mol. The highest BCUT2D eigenvalue weighted by atomic mass is 79.9. The van der Waals surface area contributed by atoms with Gasteiger partial charge in [-0.25, -0.2) is 4.39 Å². The Balaban J connectivity index is 2.34. The van der Waals surface area contributed by atoms with E-state index in [4.69, 9.17) is 5.26 Å². The van der Waals surface area contributed by atoms with Gasteiger partial charge in [0.2, 0.25) is 0 Å². The van der Waals surface area contributed by atoms with Crippen molar-refractivity contribution in [3.05, 3.63) is 28.0 Å². The van der Waals surface area contributed by atoms with Crippen LogP contribution in [-0.2, 0) is 0 Å². The van der Waals surface area contributed by atoms with Gasteiger partial charge >= 0.3 is 0 Å². The summed E-state index contributed by atoms with van der Waals surface area (Å²) in [5.74, 6) is 0.825. The number of nitrogens with zero attached hydrogens (tertiary/aromatic N) is 1. The number of anilines is 1. The first-order valence-electron chi connectivity index (χ1n) is 6.31. The average molecular weight is 345 g/mol. The lowest BCUT2D eigenvalue weighted by atomic mass is 10.2. The Bertz CT molecular complexity index is 446. The molecule has 1 rings (SSSR count). The van der Waals surface area contributed by atoms with Crippen molar-refractivity contribution in [2.75, 3.05) is 23.9 Å². The maximum Gasteiger partial charge on any atom is 0.161 e. The van der Waals surface area contributed by atoms with Crippen molar-refractivity contribution in [2.45, 2.75) is 25.7 Å². The lowest BCUT2D eigenvalue weighted by Gasteiger charge is -2.09. The number of halogens is 2. The number of unbranched alkanes of at least 4 members (excludes halogenated alkanes) is 3. The molecule has 0 aliphatic heterocycles. The third kappa shape index (κ3) is 5.42. The van der Waals surface area contributed by atoms with Gasteiger partial charge in [0.15, 0.2) is 5.82 Å². The van der Waals surface area contributed by atoms with Gasteiger partial charge in [0.05, 0.1) is 15.7 Å². The molecule has 2 nitrogen and oxygen atoms in total. The minimum atomic E-state index is -0.388. The van der Waals surface area contributed by atoms with E-state index in [0.717, 1.165) is 19.4 Å². The van der Waals surface area contributed by atoms with Crippen LogP contribution in [0.25, 0.3) is 0 Å². The molecule has 5 heteroatoms. The van der Waals surface area contributed by atoms with Crippen LogP contribution >= 0.6 is 27.7 Å². The summed E-state index contributed by atoms with van der Waals surface area (Å²) in [7, 11) is 0. The van der Waals surface area contributed by atoms with Crippen molar-refractivity contribution in [1.29, 1.82) is 5.26 Å². The number of hydrogen-bond donors (Lipinski definition) is 1. The zero-order valence-corrected chi connectivity index (χ0v) is 13.4. The topological polar surface area (TPSA) is 35.8 Å². The zero-order valence-electron chi connectivity index (χ0n) is 11.0. The normalized spacial score (nSPS) is 10.2. The molecule has 0 saturated carbocycles. The molecule has 0 fully saturated rings. The van der Waals surface area contributed by atoms with Crippen LogP contribution in [0.3, 0.4) is 0 Å². The predicted octanol–water partition coefficient (Wildman–Crippen LogP) is 4.80. The molecule has 0 atom stereocenters. The van der Waals surface area contributed by atoms with E-state index in [-0.39, 0.29) is 10.3 Å². The lowest BCUT2D eigenvalue weighted by Crippen LogP contribution is -2.04. The highest BCUT2D eigenvalue weighted by Gasteiger charge is 2.10. The Kier molecular flexibility index (Phi) is 7.92. The van der Waals surface area contributed by atoms with Gasteiger partial charge in [0.1, 0.15) is 6.07 Å². The third-order valence-corrected chi connectivity index (χ3v) is 4.27. The first-order chi connectivity index (χ1) is 9.20. The molecule has 0 heterocycles. The van der Waals surface area contributed by atoms with Crippen molar-refractivity contribution in [3.63, 3.8) is 0 Å². The molecular formula is C14H18BrFN2S. The average Bonchev–Trinajstić information content (AvgIpc) is 2.42. The molecule has 1 aromatic carbocycles. The van der Waals surface area contributed by atoms with Crippen molar-refractivity contribution in [2.24, 2.45) is 0 Å². The highest BCUT2D eigenvalue weighted by Crippen LogP contribution is 2.26. The van der Waals surface area contributed by atoms with Gasteiger partial charge < -0.3 is 5.32 Å². The standard InChI is InChI=1S/C14H18BrFN2S/c1-19-9-5-3-2-4-8-18-12-7-6-11(10-17)13(15)14(12)16/h6-7,18H,2-5,8-9H2,1H3. The smallest absolute Gasteiger partial charge is 0.161 e. The number of nitrogens with one attached hydrogen (secondary N) is 1. The van der Waals surface area contributed by atoms with Crippen LogP contribution in [0.5, 0.6) is 0 Å². The molecule has 19 heavy (non-hydrogen) atoms. The van der Waals surface area contributed by atoms with Gasteiger partial charge in [-0.2, -0.15) is 17.0 Å². The van der Waals surface area contributed by atoms with Crippen LogP contribution in [0, 0.1) is 17.1 Å². The van der Waals surface area contributed by atoms with E-state index >= 15 is 0 Å². The molecule has 0 saturated heterocycles. The summed E-state index contributed by atoms with van der Waals surface area (Å²) in [6, 6.07) is 5.18. The number of thioether (sulfide) groups is 1. The van der Waals surface area contributed by atoms with E-state index in [1.165, 1.54) is 18.6 Å². The molecule has 1 aromatic rings. The van der Waals surface area contributed by atoms with Crippen LogP contribution < -0.4 is 5.32 Å². The second kappa shape index (κ2) is 9.22. The molecular weight excluding hydrogens is 327 g/mol. The Morgan fingerprint density at radius 2 is 2.05 bits per heavy atom. The Labute approximate surface area is 126 Å². The number of benzene rings is 1. The first-order valence-corrected chi connectivity index (χ1v) is 8.50. The highest BCUT2D eigenvalue weighted by molar-refractivity contribution is 9.10. The molecule has 0 radical (unpaired) electrons. The fourth-order valence-corrected chi connectivity index (χ4v) is 2.65. The second-order valence-electron chi connectivity index (χ2n) is 4.23. The van der Waals surface area contributed by atoms with Gasteiger partial charge in [-0.1, -0.05) is 12.8 Å². The third-order valence-electron chi connectivity index (χ3n) is 2.79. The van der Waals surface area contributed by atoms with Gasteiger partial charge in [-0.05, 0) is 52.9 Å². The van der Waals surface area contributed by atoms with Gasteiger partial charge in [-0.15, -0.1) is 0 Å². The summed E-state index contributed by atoms with van der Waals surface area (Å²) >= 11 is 4.98. The maximum atomic E-state index is 13.9. The molecule has 0 unspecified atom stereocenters. The number of rotatable bonds is 8. The van der Waals surface area contributed by atoms with E-state index in [1.54, 1.807) is 12.1 Å². The summed E-state index contributed by atoms with van der Waals surface area (Å²) in [4.78, 5) is 0. The van der Waals surface area contributed by atoms with Crippen molar-refractivity contribution >= 4 is 33.4 Å². The number of nitriles is 1. The minimum absolute atomic E-state index is 0.236. The van der Waals surface area contributed by atoms with E-state index in [2.05, 4.69) is 27.5 Å². The molecule has 0 amide bonds. The van der Waals surface area contributed by atoms with Crippen LogP contribution in [0.1, 0.15) is 31.2 Å². The van der Waals surface area contributed by atoms with E-state index in [9.17, 15) is 4.39 Å². The summed E-state index contributed by atoms with van der Waals surface area (Å²) in [6.45, 7) is 0.758. The van der Waals surface area contributed by atoms with Gasteiger partial charge in [0, 0.05) is 6.54 Å². The molecule has 0 bridgehead atoms. The Morgan fingerprint density at radius 3 is 2.74 bits per heavy atom. The van der Waals surface area contributed by atoms with Crippen molar-refractivity contribution in [3.8, 4) is 6.07 Å². The molecule has 0 aliphatic rings. The van der Waals surface area contributed by atoms with Gasteiger partial charge in [0.25, 0.3) is 0 Å². The number of hydrogen-bond acceptors (Lipinski definition) is 3. The summed E-state index contributed by atoms with van der Waals surface area (Å²) in [6.07, 6.45) is 6.78. The largest absolute Gasteiger partial charge is 0.383 e. The quantitative estimate of drug-likeness (QED) is 0.688. The van der Waals surface area contributed by atoms with Crippen LogP contribution in [-0.4, -0.2) is 18.6 Å². The Hall–Kier alpha value is -0.730. The fourth-order valence-electron chi connectivity index (χ4n) is 1.72. The lowest BCUT2D eigenvalue weighted by molar-refractivity contribution is 0.620. The molecule has 0 spiro atoms. The molecule has 1 N–H and O–H groups in total. The zero-order chi connectivity index (χ0) is 14.1. The minimum Gasteiger partial charge on any atom is -0.383 e. The van der Waals surface area contributed by atoms with Gasteiger partial charge in [-0.3, -0.25) is 0 Å². The first kappa shape index (κ1) is 16.3.